The number of carbonyl (C=O) groups is 1. The Labute approximate surface area is 121 Å². The molecule has 6 nitrogen and oxygen atoms in total. The van der Waals surface area contributed by atoms with E-state index in [1.165, 1.54) is 0 Å². The number of ether oxygens (including phenoxy) is 1. The van der Waals surface area contributed by atoms with Crippen LogP contribution in [0.4, 0.5) is 10.1 Å². The number of esters is 1. The minimum Gasteiger partial charge on any atom is -0.466 e. The molecule has 1 rings (SSSR count). The number of rotatable bonds is 6. The van der Waals surface area contributed by atoms with E-state index in [9.17, 15) is 17.6 Å². The van der Waals surface area contributed by atoms with Gasteiger partial charge in [-0.25, -0.2) is 17.5 Å². The van der Waals surface area contributed by atoms with Crippen LogP contribution in [0.5, 0.6) is 0 Å². The Morgan fingerprint density at radius 2 is 2.15 bits per heavy atom. The van der Waals surface area contributed by atoms with Crippen LogP contribution in [0.25, 0.3) is 0 Å². The second kappa shape index (κ2) is 6.87. The summed E-state index contributed by atoms with van der Waals surface area (Å²) < 4.78 is 43.8. The molecule has 0 aliphatic heterocycles. The lowest BCUT2D eigenvalue weighted by Gasteiger charge is -2.09. The molecule has 0 radical (unpaired) electrons. The van der Waals surface area contributed by atoms with Gasteiger partial charge in [0, 0.05) is 6.54 Å². The van der Waals surface area contributed by atoms with Gasteiger partial charge in [-0.05, 0) is 19.1 Å². The third kappa shape index (κ3) is 4.32. The molecule has 112 valence electrons. The van der Waals surface area contributed by atoms with Crippen molar-refractivity contribution in [1.29, 1.82) is 0 Å². The smallest absolute Gasteiger partial charge is 0.307 e. The molecule has 0 saturated carbocycles. The number of hydrogen-bond acceptors (Lipinski definition) is 5. The summed E-state index contributed by atoms with van der Waals surface area (Å²) in [7, 11) is -3.98. The van der Waals surface area contributed by atoms with Crippen molar-refractivity contribution in [2.24, 2.45) is 0 Å². The van der Waals surface area contributed by atoms with Crippen LogP contribution in [-0.2, 0) is 19.6 Å². The molecule has 0 fully saturated rings. The number of carbonyl (C=O) groups excluding carboxylic acids is 1. The van der Waals surface area contributed by atoms with Gasteiger partial charge in [-0.1, -0.05) is 11.6 Å². The van der Waals surface area contributed by atoms with Crippen LogP contribution < -0.4 is 10.5 Å². The van der Waals surface area contributed by atoms with Crippen LogP contribution in [0, 0.1) is 5.82 Å². The molecule has 0 aliphatic rings. The Bertz CT molecular complexity index is 607. The minimum atomic E-state index is -3.98. The van der Waals surface area contributed by atoms with Crippen molar-refractivity contribution in [1.82, 2.24) is 4.72 Å². The monoisotopic (exact) mass is 324 g/mol. The lowest BCUT2D eigenvalue weighted by atomic mass is 10.3. The standard InChI is InChI=1S/C11H14ClFN2O4S/c1-2-19-11(16)3-4-15-20(17,18)10-6-9(14)8(13)5-7(10)12/h5-6,15H,2-4,14H2,1H3. The highest BCUT2D eigenvalue weighted by atomic mass is 35.5. The molecule has 0 unspecified atom stereocenters. The molecule has 0 saturated heterocycles. The molecule has 1 aromatic rings. The lowest BCUT2D eigenvalue weighted by molar-refractivity contribution is -0.142. The van der Waals surface area contributed by atoms with Gasteiger partial charge in [-0.3, -0.25) is 4.79 Å². The quantitative estimate of drug-likeness (QED) is 0.607. The fourth-order valence-electron chi connectivity index (χ4n) is 1.35. The summed E-state index contributed by atoms with van der Waals surface area (Å²) in [4.78, 5) is 10.7. The summed E-state index contributed by atoms with van der Waals surface area (Å²) in [5.74, 6) is -1.33. The first-order valence-electron chi connectivity index (χ1n) is 5.67. The van der Waals surface area contributed by atoms with Crippen molar-refractivity contribution < 1.29 is 22.3 Å². The SMILES string of the molecule is CCOC(=O)CCNS(=O)(=O)c1cc(N)c(F)cc1Cl. The second-order valence-electron chi connectivity index (χ2n) is 3.76. The van der Waals surface area contributed by atoms with E-state index in [0.717, 1.165) is 12.1 Å². The summed E-state index contributed by atoms with van der Waals surface area (Å²) in [6.45, 7) is 1.70. The molecular formula is C11H14ClFN2O4S. The third-order valence-corrected chi connectivity index (χ3v) is 4.19. The van der Waals surface area contributed by atoms with Crippen LogP contribution in [-0.4, -0.2) is 27.5 Å². The zero-order valence-electron chi connectivity index (χ0n) is 10.7. The maximum atomic E-state index is 13.1. The first-order chi connectivity index (χ1) is 9.27. The first kappa shape index (κ1) is 16.7. The van der Waals surface area contributed by atoms with Crippen LogP contribution in [0.2, 0.25) is 5.02 Å². The molecule has 9 heteroatoms. The maximum Gasteiger partial charge on any atom is 0.307 e. The molecular weight excluding hydrogens is 311 g/mol. The van der Waals surface area contributed by atoms with Gasteiger partial charge in [0.1, 0.15) is 10.7 Å². The fraction of sp³-hybridized carbons (Fsp3) is 0.364. The summed E-state index contributed by atoms with van der Waals surface area (Å²) >= 11 is 5.67. The van der Waals surface area contributed by atoms with E-state index in [1.807, 2.05) is 0 Å². The Morgan fingerprint density at radius 1 is 1.50 bits per heavy atom. The van der Waals surface area contributed by atoms with Crippen molar-refractivity contribution in [3.05, 3.63) is 23.0 Å². The molecule has 0 aliphatic carbocycles. The predicted octanol–water partition coefficient (Wildman–Crippen LogP) is 1.29. The minimum absolute atomic E-state index is 0.124. The summed E-state index contributed by atoms with van der Waals surface area (Å²) in [6.07, 6.45) is -0.124. The van der Waals surface area contributed by atoms with E-state index in [-0.39, 0.29) is 35.2 Å². The van der Waals surface area contributed by atoms with Gasteiger partial charge in [-0.15, -0.1) is 0 Å². The van der Waals surface area contributed by atoms with Gasteiger partial charge in [0.2, 0.25) is 10.0 Å². The van der Waals surface area contributed by atoms with Crippen molar-refractivity contribution in [3.8, 4) is 0 Å². The van der Waals surface area contributed by atoms with E-state index >= 15 is 0 Å². The number of nitrogens with two attached hydrogens (primary N) is 1. The second-order valence-corrected chi connectivity index (χ2v) is 5.90. The molecule has 0 heterocycles. The third-order valence-electron chi connectivity index (χ3n) is 2.27. The molecule has 0 spiro atoms. The predicted molar refractivity (Wildman–Crippen MR) is 72.3 cm³/mol. The zero-order valence-corrected chi connectivity index (χ0v) is 12.2. The number of nitrogens with one attached hydrogen (secondary N) is 1. The number of anilines is 1. The average molecular weight is 325 g/mol. The number of benzene rings is 1. The number of hydrogen-bond donors (Lipinski definition) is 2. The molecule has 0 bridgehead atoms. The highest BCUT2D eigenvalue weighted by Gasteiger charge is 2.20. The van der Waals surface area contributed by atoms with Gasteiger partial charge < -0.3 is 10.5 Å². The Kier molecular flexibility index (Phi) is 5.73. The van der Waals surface area contributed by atoms with E-state index < -0.39 is 21.8 Å². The van der Waals surface area contributed by atoms with E-state index in [1.54, 1.807) is 6.92 Å². The van der Waals surface area contributed by atoms with Gasteiger partial charge in [0.05, 0.1) is 23.7 Å². The van der Waals surface area contributed by atoms with E-state index in [2.05, 4.69) is 9.46 Å². The van der Waals surface area contributed by atoms with Crippen molar-refractivity contribution in [3.63, 3.8) is 0 Å². The van der Waals surface area contributed by atoms with Crippen molar-refractivity contribution in [2.75, 3.05) is 18.9 Å². The van der Waals surface area contributed by atoms with Crippen molar-refractivity contribution >= 4 is 33.3 Å². The van der Waals surface area contributed by atoms with Gasteiger partial charge in [-0.2, -0.15) is 0 Å². The summed E-state index contributed by atoms with van der Waals surface area (Å²) in [5, 5.41) is -0.291. The van der Waals surface area contributed by atoms with Gasteiger partial charge in [0.15, 0.2) is 0 Å². The largest absolute Gasteiger partial charge is 0.466 e. The topological polar surface area (TPSA) is 98.5 Å². The summed E-state index contributed by atoms with van der Waals surface area (Å²) in [5.41, 5.74) is 4.97. The summed E-state index contributed by atoms with van der Waals surface area (Å²) in [6, 6.07) is 1.74. The van der Waals surface area contributed by atoms with Crippen molar-refractivity contribution in [2.45, 2.75) is 18.2 Å². The van der Waals surface area contributed by atoms with Crippen LogP contribution in [0.1, 0.15) is 13.3 Å². The fourth-order valence-corrected chi connectivity index (χ4v) is 2.93. The lowest BCUT2D eigenvalue weighted by Crippen LogP contribution is -2.27. The normalized spacial score (nSPS) is 11.3. The van der Waals surface area contributed by atoms with Crippen LogP contribution >= 0.6 is 11.6 Å². The molecule has 20 heavy (non-hydrogen) atoms. The molecule has 1 aromatic carbocycles. The molecule has 0 aromatic heterocycles. The highest BCUT2D eigenvalue weighted by molar-refractivity contribution is 7.89. The Hall–Kier alpha value is -1.38. The average Bonchev–Trinajstić information content (AvgIpc) is 2.33. The highest BCUT2D eigenvalue weighted by Crippen LogP contribution is 2.26. The number of sulfonamides is 1. The first-order valence-corrected chi connectivity index (χ1v) is 7.54. The molecule has 0 amide bonds. The number of halogens is 2. The maximum absolute atomic E-state index is 13.1. The van der Waals surface area contributed by atoms with Gasteiger partial charge in [0.25, 0.3) is 0 Å². The van der Waals surface area contributed by atoms with Crippen LogP contribution in [0.15, 0.2) is 17.0 Å². The van der Waals surface area contributed by atoms with E-state index in [0.29, 0.717) is 0 Å². The van der Waals surface area contributed by atoms with E-state index in [4.69, 9.17) is 17.3 Å². The van der Waals surface area contributed by atoms with Gasteiger partial charge >= 0.3 is 5.97 Å². The Balaban J connectivity index is 2.79. The molecule has 3 N–H and O–H groups in total. The molecule has 0 atom stereocenters. The zero-order chi connectivity index (χ0) is 15.3. The number of nitrogen functional groups attached to an aromatic ring is 1. The van der Waals surface area contributed by atoms with Crippen LogP contribution in [0.3, 0.4) is 0 Å². The Morgan fingerprint density at radius 3 is 2.75 bits per heavy atom.